The molecule has 1 atom stereocenters. The second kappa shape index (κ2) is 11.3. The number of hydrogen-bond donors (Lipinski definition) is 1. The van der Waals surface area contributed by atoms with Crippen molar-refractivity contribution in [3.05, 3.63) is 29.8 Å². The number of nitrogens with two attached hydrogens (primary N) is 1. The molecular weight excluding hydrogens is 374 g/mol. The first-order valence-corrected chi connectivity index (χ1v) is 9.88. The van der Waals surface area contributed by atoms with Gasteiger partial charge in [0.15, 0.2) is 0 Å². The molecule has 1 aromatic carbocycles. The lowest BCUT2D eigenvalue weighted by molar-refractivity contribution is -0.140. The Morgan fingerprint density at radius 2 is 1.88 bits per heavy atom. The molecule has 2 rings (SSSR count). The van der Waals surface area contributed by atoms with Gasteiger partial charge in [-0.15, -0.1) is 12.4 Å². The number of carbonyl (C=O) groups is 2. The number of thioether (sulfide) groups is 1. The van der Waals surface area contributed by atoms with Crippen LogP contribution in [-0.2, 0) is 16.0 Å². The van der Waals surface area contributed by atoms with Gasteiger partial charge in [-0.1, -0.05) is 12.1 Å². The van der Waals surface area contributed by atoms with Crippen LogP contribution in [0, 0.1) is 0 Å². The number of amides is 2. The minimum absolute atomic E-state index is 0. The van der Waals surface area contributed by atoms with Crippen LogP contribution < -0.4 is 10.5 Å². The topological polar surface area (TPSA) is 75.9 Å². The lowest BCUT2D eigenvalue weighted by atomic mass is 10.1. The summed E-state index contributed by atoms with van der Waals surface area (Å²) in [5.74, 6) is 1.70. The largest absolute Gasteiger partial charge is 0.497 e. The van der Waals surface area contributed by atoms with Crippen molar-refractivity contribution < 1.29 is 14.3 Å². The van der Waals surface area contributed by atoms with Crippen LogP contribution in [0.5, 0.6) is 5.75 Å². The van der Waals surface area contributed by atoms with E-state index in [4.69, 9.17) is 10.5 Å². The molecule has 8 heteroatoms. The van der Waals surface area contributed by atoms with Gasteiger partial charge >= 0.3 is 0 Å². The average Bonchev–Trinajstić information content (AvgIpc) is 2.65. The highest BCUT2D eigenvalue weighted by atomic mass is 35.5. The molecule has 0 aliphatic carbocycles. The molecule has 1 aromatic rings. The van der Waals surface area contributed by atoms with E-state index in [0.717, 1.165) is 17.1 Å². The smallest absolute Gasteiger partial charge is 0.239 e. The van der Waals surface area contributed by atoms with Crippen molar-refractivity contribution in [1.82, 2.24) is 9.80 Å². The summed E-state index contributed by atoms with van der Waals surface area (Å²) in [5.41, 5.74) is 6.89. The summed E-state index contributed by atoms with van der Waals surface area (Å²) in [4.78, 5) is 28.4. The van der Waals surface area contributed by atoms with Crippen LogP contribution in [0.4, 0.5) is 0 Å². The number of rotatable bonds is 7. The van der Waals surface area contributed by atoms with Crippen LogP contribution in [0.25, 0.3) is 0 Å². The van der Waals surface area contributed by atoms with Gasteiger partial charge in [0.2, 0.25) is 11.8 Å². The van der Waals surface area contributed by atoms with E-state index in [1.807, 2.05) is 35.4 Å². The minimum Gasteiger partial charge on any atom is -0.497 e. The zero-order chi connectivity index (χ0) is 18.2. The van der Waals surface area contributed by atoms with Gasteiger partial charge < -0.3 is 20.3 Å². The van der Waals surface area contributed by atoms with Gasteiger partial charge in [-0.2, -0.15) is 11.8 Å². The molecule has 146 valence electrons. The summed E-state index contributed by atoms with van der Waals surface area (Å²) in [6.45, 7) is 2.22. The molecule has 1 aliphatic heterocycles. The molecule has 1 heterocycles. The molecule has 0 bridgehead atoms. The third kappa shape index (κ3) is 6.37. The summed E-state index contributed by atoms with van der Waals surface area (Å²) in [6, 6.07) is 7.10. The number of piperazine rings is 1. The van der Waals surface area contributed by atoms with Crippen molar-refractivity contribution in [2.24, 2.45) is 5.73 Å². The van der Waals surface area contributed by atoms with Crippen molar-refractivity contribution in [2.75, 3.05) is 45.3 Å². The average molecular weight is 402 g/mol. The van der Waals surface area contributed by atoms with Gasteiger partial charge in [-0.05, 0) is 36.1 Å². The Labute approximate surface area is 165 Å². The number of ether oxygens (including phenoxy) is 1. The van der Waals surface area contributed by atoms with Crippen molar-refractivity contribution in [2.45, 2.75) is 18.9 Å². The molecule has 2 N–H and O–H groups in total. The maximum atomic E-state index is 12.5. The monoisotopic (exact) mass is 401 g/mol. The fourth-order valence-electron chi connectivity index (χ4n) is 2.85. The molecule has 1 saturated heterocycles. The molecule has 0 unspecified atom stereocenters. The third-order valence-electron chi connectivity index (χ3n) is 4.38. The number of methoxy groups -OCH3 is 1. The first kappa shape index (κ1) is 22.6. The highest BCUT2D eigenvalue weighted by Crippen LogP contribution is 2.14. The Kier molecular flexibility index (Phi) is 9.83. The van der Waals surface area contributed by atoms with Gasteiger partial charge in [0.1, 0.15) is 5.75 Å². The second-order valence-corrected chi connectivity index (χ2v) is 7.11. The first-order valence-electron chi connectivity index (χ1n) is 8.49. The van der Waals surface area contributed by atoms with E-state index in [-0.39, 0.29) is 24.2 Å². The predicted molar refractivity (Wildman–Crippen MR) is 108 cm³/mol. The number of hydrogen-bond acceptors (Lipinski definition) is 5. The van der Waals surface area contributed by atoms with Crippen LogP contribution in [0.2, 0.25) is 0 Å². The quantitative estimate of drug-likeness (QED) is 0.747. The highest BCUT2D eigenvalue weighted by molar-refractivity contribution is 7.98. The second-order valence-electron chi connectivity index (χ2n) is 6.12. The number of halogens is 1. The molecule has 0 radical (unpaired) electrons. The van der Waals surface area contributed by atoms with Gasteiger partial charge in [0.05, 0.1) is 19.6 Å². The zero-order valence-corrected chi connectivity index (χ0v) is 17.0. The standard InChI is InChI=1S/C18H27N3O3S.ClH/c1-24-15-5-3-4-14(12-15)13-17(22)20-7-9-21(10-8-20)18(23)16(19)6-11-25-2;/h3-5,12,16H,6-11,13,19H2,1-2H3;1H/t16-;/m0./s1. The summed E-state index contributed by atoms with van der Waals surface area (Å²) >= 11 is 1.69. The minimum atomic E-state index is -0.438. The SMILES string of the molecule is COc1cccc(CC(=O)N2CCN(C(=O)[C@@H](N)CCSC)CC2)c1.Cl. The Morgan fingerprint density at radius 1 is 1.23 bits per heavy atom. The fourth-order valence-corrected chi connectivity index (χ4v) is 3.34. The lowest BCUT2D eigenvalue weighted by Gasteiger charge is -2.36. The van der Waals surface area contributed by atoms with E-state index < -0.39 is 6.04 Å². The van der Waals surface area contributed by atoms with Crippen molar-refractivity contribution in [3.63, 3.8) is 0 Å². The Bertz CT molecular complexity index is 595. The number of benzene rings is 1. The zero-order valence-electron chi connectivity index (χ0n) is 15.3. The summed E-state index contributed by atoms with van der Waals surface area (Å²) in [6.07, 6.45) is 3.04. The number of carbonyl (C=O) groups excluding carboxylic acids is 2. The van der Waals surface area contributed by atoms with Crippen molar-refractivity contribution in [1.29, 1.82) is 0 Å². The van der Waals surface area contributed by atoms with E-state index in [2.05, 4.69) is 0 Å². The molecule has 0 spiro atoms. The predicted octanol–water partition coefficient (Wildman–Crippen LogP) is 1.41. The van der Waals surface area contributed by atoms with Crippen LogP contribution >= 0.6 is 24.2 Å². The maximum Gasteiger partial charge on any atom is 0.239 e. The van der Waals surface area contributed by atoms with E-state index in [0.29, 0.717) is 39.0 Å². The van der Waals surface area contributed by atoms with Crippen LogP contribution in [0.1, 0.15) is 12.0 Å². The molecule has 1 fully saturated rings. The molecule has 6 nitrogen and oxygen atoms in total. The molecule has 26 heavy (non-hydrogen) atoms. The Balaban J connectivity index is 0.00000338. The van der Waals surface area contributed by atoms with Crippen molar-refractivity contribution >= 4 is 36.0 Å². The molecular formula is C18H28ClN3O3S. The van der Waals surface area contributed by atoms with Crippen LogP contribution in [0.15, 0.2) is 24.3 Å². The highest BCUT2D eigenvalue weighted by Gasteiger charge is 2.26. The fraction of sp³-hybridized carbons (Fsp3) is 0.556. The van der Waals surface area contributed by atoms with E-state index in [1.54, 1.807) is 23.8 Å². The van der Waals surface area contributed by atoms with E-state index >= 15 is 0 Å². The Morgan fingerprint density at radius 3 is 2.50 bits per heavy atom. The van der Waals surface area contributed by atoms with Gasteiger partial charge in [0.25, 0.3) is 0 Å². The third-order valence-corrected chi connectivity index (χ3v) is 5.03. The first-order chi connectivity index (χ1) is 12.0. The molecule has 0 saturated carbocycles. The van der Waals surface area contributed by atoms with Gasteiger partial charge in [-0.3, -0.25) is 9.59 Å². The molecule has 1 aliphatic rings. The maximum absolute atomic E-state index is 12.5. The summed E-state index contributed by atoms with van der Waals surface area (Å²) in [5, 5.41) is 0. The summed E-state index contributed by atoms with van der Waals surface area (Å²) < 4.78 is 5.19. The van der Waals surface area contributed by atoms with Crippen LogP contribution in [0.3, 0.4) is 0 Å². The van der Waals surface area contributed by atoms with Gasteiger partial charge in [-0.25, -0.2) is 0 Å². The molecule has 2 amide bonds. The molecule has 0 aromatic heterocycles. The van der Waals surface area contributed by atoms with E-state index in [1.165, 1.54) is 0 Å². The van der Waals surface area contributed by atoms with Crippen molar-refractivity contribution in [3.8, 4) is 5.75 Å². The number of nitrogens with zero attached hydrogens (tertiary/aromatic N) is 2. The van der Waals surface area contributed by atoms with E-state index in [9.17, 15) is 9.59 Å². The summed E-state index contributed by atoms with van der Waals surface area (Å²) in [7, 11) is 1.61. The Hall–Kier alpha value is -1.44. The van der Waals surface area contributed by atoms with Crippen LogP contribution in [-0.4, -0.2) is 73.0 Å². The van der Waals surface area contributed by atoms with Gasteiger partial charge in [0, 0.05) is 26.2 Å². The normalized spacial score (nSPS) is 15.2. The lowest BCUT2D eigenvalue weighted by Crippen LogP contribution is -2.54.